The molecule has 0 saturated carbocycles. The van der Waals surface area contributed by atoms with Crippen LogP contribution in [0.4, 0.5) is 5.69 Å². The minimum Gasteiger partial charge on any atom is -0.397 e. The van der Waals surface area contributed by atoms with Crippen LogP contribution in [0.15, 0.2) is 18.7 Å². The number of aromatic nitrogens is 1. The van der Waals surface area contributed by atoms with Gasteiger partial charge in [-0.3, -0.25) is 0 Å². The maximum Gasteiger partial charge on any atom is 0.0804 e. The zero-order valence-corrected chi connectivity index (χ0v) is 12.8. The average Bonchev–Trinajstić information content (AvgIpc) is 2.38. The Labute approximate surface area is 108 Å². The number of nitrogens with two attached hydrogens (primary N) is 1. The van der Waals surface area contributed by atoms with Crippen molar-refractivity contribution in [2.45, 2.75) is 34.6 Å². The smallest absolute Gasteiger partial charge is 0.0804 e. The van der Waals surface area contributed by atoms with Crippen molar-refractivity contribution in [3.63, 3.8) is 0 Å². The van der Waals surface area contributed by atoms with Crippen molar-refractivity contribution in [3.05, 3.63) is 30.0 Å². The van der Waals surface area contributed by atoms with Gasteiger partial charge in [0.05, 0.1) is 16.8 Å². The Kier molecular flexibility index (Phi) is 12.2. The molecule has 0 aliphatic carbocycles. The number of rotatable bonds is 2. The Hall–Kier alpha value is -1.14. The first kappa shape index (κ1) is 18.2. The molecule has 3 heteroatoms. The van der Waals surface area contributed by atoms with Gasteiger partial charge in [0.2, 0.25) is 0 Å². The van der Waals surface area contributed by atoms with E-state index >= 15 is 0 Å². The predicted molar refractivity (Wildman–Crippen MR) is 85.5 cm³/mol. The van der Waals surface area contributed by atoms with Gasteiger partial charge in [0.15, 0.2) is 0 Å². The topological polar surface area (TPSA) is 38.9 Å². The van der Waals surface area contributed by atoms with E-state index < -0.39 is 0 Å². The molecule has 1 rings (SSSR count). The van der Waals surface area contributed by atoms with Crippen molar-refractivity contribution < 1.29 is 0 Å². The number of nitrogen functional groups attached to an aromatic ring is 1. The van der Waals surface area contributed by atoms with Gasteiger partial charge in [-0.05, 0) is 19.1 Å². The van der Waals surface area contributed by atoms with Gasteiger partial charge in [-0.15, -0.1) is 0 Å². The summed E-state index contributed by atoms with van der Waals surface area (Å²) in [5, 5.41) is 0. The zero-order valence-electron chi connectivity index (χ0n) is 11.6. The molecule has 0 aromatic carbocycles. The van der Waals surface area contributed by atoms with Crippen molar-refractivity contribution in [1.82, 2.24) is 4.98 Å². The first-order valence-electron chi connectivity index (χ1n) is 6.00. The van der Waals surface area contributed by atoms with E-state index in [0.29, 0.717) is 5.69 Å². The molecule has 2 N–H and O–H groups in total. The second-order valence-electron chi connectivity index (χ2n) is 2.64. The van der Waals surface area contributed by atoms with Crippen molar-refractivity contribution in [1.29, 1.82) is 0 Å². The number of nitrogens with zero attached hydrogens (tertiary/aromatic N) is 1. The number of allylic oxidation sites excluding steroid dienone is 1. The molecule has 17 heavy (non-hydrogen) atoms. The Morgan fingerprint density at radius 3 is 2.24 bits per heavy atom. The van der Waals surface area contributed by atoms with E-state index in [1.54, 1.807) is 6.08 Å². The fourth-order valence-electron chi connectivity index (χ4n) is 1.03. The minimum absolute atomic E-state index is 0.674. The molecule has 0 spiro atoms. The van der Waals surface area contributed by atoms with Crippen LogP contribution in [0.5, 0.6) is 0 Å². The zero-order chi connectivity index (χ0) is 13.8. The highest BCUT2D eigenvalue weighted by Crippen LogP contribution is 2.13. The first-order valence-corrected chi connectivity index (χ1v) is 6.58. The Bertz CT molecular complexity index is 357. The maximum absolute atomic E-state index is 5.71. The van der Waals surface area contributed by atoms with Gasteiger partial charge in [0.25, 0.3) is 0 Å². The Balaban J connectivity index is 0. The summed E-state index contributed by atoms with van der Waals surface area (Å²) in [6, 6.07) is 1.87. The van der Waals surface area contributed by atoms with Gasteiger partial charge in [0, 0.05) is 5.56 Å². The molecule has 1 aromatic heterocycles. The lowest BCUT2D eigenvalue weighted by Gasteiger charge is -2.04. The van der Waals surface area contributed by atoms with Crippen LogP contribution in [-0.2, 0) is 0 Å². The fraction of sp³-hybridized carbons (Fsp3) is 0.357. The highest BCUT2D eigenvalue weighted by molar-refractivity contribution is 7.27. The van der Waals surface area contributed by atoms with Gasteiger partial charge < -0.3 is 5.73 Å². The molecule has 1 heterocycles. The first-order chi connectivity index (χ1) is 8.19. The molecule has 1 aromatic rings. The van der Waals surface area contributed by atoms with Crippen molar-refractivity contribution in [2.75, 3.05) is 5.73 Å². The predicted octanol–water partition coefficient (Wildman–Crippen LogP) is 3.89. The van der Waals surface area contributed by atoms with Gasteiger partial charge >= 0.3 is 0 Å². The number of anilines is 1. The second kappa shape index (κ2) is 11.3. The SMILES string of the molecule is C=Cc1cc(N)c(P)nc1/C=C\C.CC.CC. The van der Waals surface area contributed by atoms with E-state index in [9.17, 15) is 0 Å². The van der Waals surface area contributed by atoms with Gasteiger partial charge in [-0.1, -0.05) is 55.7 Å². The van der Waals surface area contributed by atoms with Crippen LogP contribution in [0.3, 0.4) is 0 Å². The molecule has 0 amide bonds. The molecule has 0 radical (unpaired) electrons. The van der Waals surface area contributed by atoms with E-state index in [2.05, 4.69) is 20.8 Å². The molecular formula is C14H25N2P. The summed E-state index contributed by atoms with van der Waals surface area (Å²) in [4.78, 5) is 4.31. The average molecular weight is 252 g/mol. The van der Waals surface area contributed by atoms with Crippen molar-refractivity contribution in [3.8, 4) is 0 Å². The van der Waals surface area contributed by atoms with Crippen molar-refractivity contribution >= 4 is 32.5 Å². The van der Waals surface area contributed by atoms with Crippen LogP contribution < -0.4 is 11.2 Å². The molecule has 0 aliphatic heterocycles. The molecular weight excluding hydrogens is 227 g/mol. The lowest BCUT2D eigenvalue weighted by molar-refractivity contribution is 1.34. The fourth-order valence-corrected chi connectivity index (χ4v) is 1.25. The van der Waals surface area contributed by atoms with Crippen LogP contribution in [0.2, 0.25) is 0 Å². The second-order valence-corrected chi connectivity index (χ2v) is 3.19. The number of hydrogen-bond acceptors (Lipinski definition) is 2. The monoisotopic (exact) mass is 252 g/mol. The molecule has 2 nitrogen and oxygen atoms in total. The molecule has 0 aliphatic rings. The van der Waals surface area contributed by atoms with Gasteiger partial charge in [-0.2, -0.15) is 0 Å². The molecule has 1 atom stereocenters. The van der Waals surface area contributed by atoms with Gasteiger partial charge in [-0.25, -0.2) is 4.98 Å². The summed E-state index contributed by atoms with van der Waals surface area (Å²) < 4.78 is 0. The van der Waals surface area contributed by atoms with Crippen LogP contribution in [-0.4, -0.2) is 4.98 Å². The highest BCUT2D eigenvalue weighted by atomic mass is 31.0. The number of pyridine rings is 1. The third-order valence-corrected chi connectivity index (χ3v) is 2.15. The molecule has 1 unspecified atom stereocenters. The van der Waals surface area contributed by atoms with E-state index in [0.717, 1.165) is 16.7 Å². The Morgan fingerprint density at radius 1 is 1.29 bits per heavy atom. The van der Waals surface area contributed by atoms with Crippen molar-refractivity contribution in [2.24, 2.45) is 0 Å². The molecule has 0 bridgehead atoms. The van der Waals surface area contributed by atoms with E-state index in [1.165, 1.54) is 0 Å². The normalized spacial score (nSPS) is 8.82. The lowest BCUT2D eigenvalue weighted by Crippen LogP contribution is -2.08. The maximum atomic E-state index is 5.71. The summed E-state index contributed by atoms with van der Waals surface area (Å²) in [6.45, 7) is 13.7. The molecule has 96 valence electrons. The highest BCUT2D eigenvalue weighted by Gasteiger charge is 2.01. The van der Waals surface area contributed by atoms with E-state index in [-0.39, 0.29) is 0 Å². The third kappa shape index (κ3) is 6.23. The summed E-state index contributed by atoms with van der Waals surface area (Å²) in [7, 11) is 2.51. The molecule has 0 fully saturated rings. The Morgan fingerprint density at radius 2 is 1.82 bits per heavy atom. The largest absolute Gasteiger partial charge is 0.397 e. The summed E-state index contributed by atoms with van der Waals surface area (Å²) in [6.07, 6.45) is 5.63. The third-order valence-electron chi connectivity index (χ3n) is 1.69. The van der Waals surface area contributed by atoms with Crippen LogP contribution >= 0.6 is 9.24 Å². The van der Waals surface area contributed by atoms with Crippen LogP contribution in [0.25, 0.3) is 12.2 Å². The number of hydrogen-bond donors (Lipinski definition) is 1. The molecule has 0 saturated heterocycles. The quantitative estimate of drug-likeness (QED) is 0.811. The van der Waals surface area contributed by atoms with Crippen LogP contribution in [0.1, 0.15) is 45.9 Å². The van der Waals surface area contributed by atoms with Crippen LogP contribution in [0, 0.1) is 0 Å². The van der Waals surface area contributed by atoms with E-state index in [4.69, 9.17) is 5.73 Å². The summed E-state index contributed by atoms with van der Waals surface area (Å²) >= 11 is 0. The minimum atomic E-state index is 0.674. The van der Waals surface area contributed by atoms with Gasteiger partial charge in [0.1, 0.15) is 0 Å². The summed E-state index contributed by atoms with van der Waals surface area (Å²) in [5.74, 6) is 0. The standard InChI is InChI=1S/C10H13N2P.2C2H6/c1-3-5-9-7(4-2)6-8(11)10(13)12-9;2*1-2/h3-6H,2,11,13H2,1H3;2*1-2H3/b5-3-;;. The van der Waals surface area contributed by atoms with E-state index in [1.807, 2.05) is 52.8 Å². The lowest BCUT2D eigenvalue weighted by atomic mass is 10.1. The summed E-state index contributed by atoms with van der Waals surface area (Å²) in [5.41, 5.74) is 9.02.